The zero-order chi connectivity index (χ0) is 35.3. The largest absolute Gasteiger partial charge is 0.457 e. The van der Waals surface area contributed by atoms with Crippen molar-refractivity contribution in [2.75, 3.05) is 10.9 Å². The number of hydrazine groups is 2. The number of hydrogen-bond donors (Lipinski definition) is 2. The molecule has 0 radical (unpaired) electrons. The summed E-state index contributed by atoms with van der Waals surface area (Å²) in [5.74, 6) is -3.65. The van der Waals surface area contributed by atoms with Crippen LogP contribution in [0.15, 0.2) is 72.8 Å². The third-order valence-electron chi connectivity index (χ3n) is 7.19. The van der Waals surface area contributed by atoms with Crippen LogP contribution in [0.5, 0.6) is 11.5 Å². The molecule has 0 aliphatic carbocycles. The standard InChI is InChI=1S/C28H14N8O13/c37-25-17-5-3-15(11-19(17)27(39)31(25)29-21-7-1-13(33(41)42)9-23(21)35(45)46)49-16-4-6-18-20(12-16)28(40)32(26(18)38)30-22-8-2-14(34(43)44)10-24(22)36(47)48/h1-12,29-30H. The molecule has 0 atom stereocenters. The van der Waals surface area contributed by atoms with Crippen LogP contribution in [0.4, 0.5) is 34.1 Å². The van der Waals surface area contributed by atoms with Gasteiger partial charge in [0.15, 0.2) is 0 Å². The number of nitrogens with one attached hydrogen (secondary N) is 2. The first-order chi connectivity index (χ1) is 23.2. The Bertz CT molecular complexity index is 2080. The van der Waals surface area contributed by atoms with Gasteiger partial charge >= 0.3 is 11.4 Å². The number of rotatable bonds is 10. The van der Waals surface area contributed by atoms with Gasteiger partial charge in [0, 0.05) is 12.1 Å². The second-order valence-corrected chi connectivity index (χ2v) is 10.1. The molecule has 2 aliphatic heterocycles. The van der Waals surface area contributed by atoms with E-state index in [4.69, 9.17) is 4.74 Å². The summed E-state index contributed by atoms with van der Waals surface area (Å²) in [5.41, 5.74) is 0.660. The molecule has 2 aliphatic rings. The quantitative estimate of drug-likeness (QED) is 0.135. The van der Waals surface area contributed by atoms with Gasteiger partial charge in [0.2, 0.25) is 0 Å². The number of benzene rings is 4. The van der Waals surface area contributed by atoms with Crippen molar-refractivity contribution in [3.63, 3.8) is 0 Å². The van der Waals surface area contributed by atoms with E-state index in [-0.39, 0.29) is 45.1 Å². The lowest BCUT2D eigenvalue weighted by Crippen LogP contribution is -2.35. The molecule has 0 spiro atoms. The number of imide groups is 2. The molecule has 0 fully saturated rings. The molecule has 21 heteroatoms. The van der Waals surface area contributed by atoms with Gasteiger partial charge in [-0.15, -0.1) is 0 Å². The second-order valence-electron chi connectivity index (χ2n) is 10.1. The van der Waals surface area contributed by atoms with Gasteiger partial charge in [-0.1, -0.05) is 0 Å². The predicted molar refractivity (Wildman–Crippen MR) is 161 cm³/mol. The fourth-order valence-corrected chi connectivity index (χ4v) is 4.91. The number of hydrogen-bond acceptors (Lipinski definition) is 15. The van der Waals surface area contributed by atoms with Crippen molar-refractivity contribution in [2.45, 2.75) is 0 Å². The van der Waals surface area contributed by atoms with Crippen LogP contribution in [0.2, 0.25) is 0 Å². The van der Waals surface area contributed by atoms with E-state index in [1.165, 1.54) is 36.4 Å². The molecule has 0 saturated carbocycles. The normalized spacial score (nSPS) is 13.2. The zero-order valence-corrected chi connectivity index (χ0v) is 23.9. The van der Waals surface area contributed by atoms with E-state index in [0.717, 1.165) is 24.3 Å². The minimum Gasteiger partial charge on any atom is -0.457 e. The number of non-ortho nitro benzene ring substituents is 2. The molecule has 2 N–H and O–H groups in total. The minimum absolute atomic E-state index is 0.00345. The molecule has 0 bridgehead atoms. The number of nitro benzene ring substituents is 4. The van der Waals surface area contributed by atoms with Gasteiger partial charge in [-0.3, -0.25) is 70.5 Å². The van der Waals surface area contributed by atoms with E-state index >= 15 is 0 Å². The second kappa shape index (κ2) is 11.5. The molecular formula is C28H14N8O13. The van der Waals surface area contributed by atoms with Crippen molar-refractivity contribution in [3.8, 4) is 11.5 Å². The fraction of sp³-hybridized carbons (Fsp3) is 0. The van der Waals surface area contributed by atoms with Gasteiger partial charge < -0.3 is 4.74 Å². The van der Waals surface area contributed by atoms with E-state index in [2.05, 4.69) is 10.9 Å². The lowest BCUT2D eigenvalue weighted by molar-refractivity contribution is -0.393. The summed E-state index contributed by atoms with van der Waals surface area (Å²) in [7, 11) is 0. The smallest absolute Gasteiger partial charge is 0.300 e. The Hall–Kier alpha value is -7.84. The maximum atomic E-state index is 13.1. The van der Waals surface area contributed by atoms with Crippen LogP contribution in [-0.4, -0.2) is 53.3 Å². The summed E-state index contributed by atoms with van der Waals surface area (Å²) in [6, 6.07) is 12.6. The number of nitrogens with zero attached hydrogens (tertiary/aromatic N) is 6. The van der Waals surface area contributed by atoms with E-state index < -0.39 is 66.1 Å². The van der Waals surface area contributed by atoms with E-state index in [1.54, 1.807) is 0 Å². The van der Waals surface area contributed by atoms with Crippen LogP contribution in [0.1, 0.15) is 41.4 Å². The number of ether oxygens (including phenoxy) is 1. The Balaban J connectivity index is 1.21. The number of carbonyl (C=O) groups excluding carboxylic acids is 4. The molecule has 2 heterocycles. The van der Waals surface area contributed by atoms with Gasteiger partial charge in [-0.2, -0.15) is 10.0 Å². The van der Waals surface area contributed by atoms with Crippen molar-refractivity contribution >= 4 is 57.8 Å². The van der Waals surface area contributed by atoms with Gasteiger partial charge in [-0.05, 0) is 48.5 Å². The molecule has 0 unspecified atom stereocenters. The highest BCUT2D eigenvalue weighted by Gasteiger charge is 2.39. The van der Waals surface area contributed by atoms with Gasteiger partial charge in [-0.25, -0.2) is 0 Å². The Labute approximate surface area is 269 Å². The van der Waals surface area contributed by atoms with Crippen LogP contribution < -0.4 is 15.6 Å². The highest BCUT2D eigenvalue weighted by molar-refractivity contribution is 6.23. The predicted octanol–water partition coefficient (Wildman–Crippen LogP) is 4.36. The number of fused-ring (bicyclic) bond motifs is 2. The molecule has 0 saturated heterocycles. The van der Waals surface area contributed by atoms with Gasteiger partial charge in [0.05, 0.1) is 54.1 Å². The van der Waals surface area contributed by atoms with Crippen LogP contribution >= 0.6 is 0 Å². The van der Waals surface area contributed by atoms with E-state index in [1.807, 2.05) is 0 Å². The van der Waals surface area contributed by atoms with Crippen LogP contribution in [-0.2, 0) is 0 Å². The molecule has 21 nitrogen and oxygen atoms in total. The fourth-order valence-electron chi connectivity index (χ4n) is 4.91. The lowest BCUT2D eigenvalue weighted by Gasteiger charge is -2.16. The Kier molecular flexibility index (Phi) is 7.32. The Morgan fingerprint density at radius 1 is 0.469 bits per heavy atom. The topological polar surface area (TPSA) is 281 Å². The molecule has 4 amide bonds. The summed E-state index contributed by atoms with van der Waals surface area (Å²) >= 11 is 0. The Morgan fingerprint density at radius 2 is 0.837 bits per heavy atom. The van der Waals surface area contributed by atoms with Crippen molar-refractivity contribution < 1.29 is 43.6 Å². The van der Waals surface area contributed by atoms with Crippen molar-refractivity contribution in [1.82, 2.24) is 10.0 Å². The maximum absolute atomic E-state index is 13.1. The summed E-state index contributed by atoms with van der Waals surface area (Å²) in [6.07, 6.45) is 0. The number of carbonyl (C=O) groups is 4. The highest BCUT2D eigenvalue weighted by Crippen LogP contribution is 2.36. The summed E-state index contributed by atoms with van der Waals surface area (Å²) < 4.78 is 5.76. The third kappa shape index (κ3) is 5.39. The minimum atomic E-state index is -0.935. The Morgan fingerprint density at radius 3 is 1.18 bits per heavy atom. The molecule has 4 aromatic rings. The molecule has 4 aromatic carbocycles. The van der Waals surface area contributed by atoms with Gasteiger partial charge in [0.1, 0.15) is 22.9 Å². The summed E-state index contributed by atoms with van der Waals surface area (Å²) in [6.45, 7) is 0. The van der Waals surface area contributed by atoms with E-state index in [9.17, 15) is 59.6 Å². The highest BCUT2D eigenvalue weighted by atomic mass is 16.6. The third-order valence-corrected chi connectivity index (χ3v) is 7.19. The van der Waals surface area contributed by atoms with Crippen molar-refractivity contribution in [2.24, 2.45) is 0 Å². The van der Waals surface area contributed by atoms with Crippen LogP contribution in [0.3, 0.4) is 0 Å². The van der Waals surface area contributed by atoms with Gasteiger partial charge in [0.25, 0.3) is 35.0 Å². The summed E-state index contributed by atoms with van der Waals surface area (Å²) in [4.78, 5) is 93.7. The van der Waals surface area contributed by atoms with E-state index in [0.29, 0.717) is 22.2 Å². The average Bonchev–Trinajstić information content (AvgIpc) is 3.44. The molecule has 6 rings (SSSR count). The number of nitro groups is 4. The first-order valence-electron chi connectivity index (χ1n) is 13.4. The zero-order valence-electron chi connectivity index (χ0n) is 23.9. The van der Waals surface area contributed by atoms with Crippen LogP contribution in [0, 0.1) is 40.5 Å². The first kappa shape index (κ1) is 31.2. The average molecular weight is 670 g/mol. The van der Waals surface area contributed by atoms with Crippen molar-refractivity contribution in [3.05, 3.63) is 136 Å². The molecular weight excluding hydrogens is 656 g/mol. The first-order valence-corrected chi connectivity index (χ1v) is 13.4. The molecule has 244 valence electrons. The number of anilines is 2. The lowest BCUT2D eigenvalue weighted by atomic mass is 10.1. The number of amides is 4. The summed E-state index contributed by atoms with van der Waals surface area (Å²) in [5, 5.41) is 46.0. The monoisotopic (exact) mass is 670 g/mol. The SMILES string of the molecule is O=C1c2ccc(Oc3ccc4c(c3)C(=O)N(Nc3ccc([N+](=O)[O-])cc3[N+](=O)[O-])C4=O)cc2C(=O)N1Nc1ccc([N+](=O)[O-])cc1[N+](=O)[O-]. The molecule has 0 aromatic heterocycles. The van der Waals surface area contributed by atoms with Crippen LogP contribution in [0.25, 0.3) is 0 Å². The maximum Gasteiger partial charge on any atom is 0.300 e. The van der Waals surface area contributed by atoms with Crippen molar-refractivity contribution in [1.29, 1.82) is 0 Å². The molecule has 49 heavy (non-hydrogen) atoms.